The Labute approximate surface area is 169 Å². The molecule has 0 atom stereocenters. The minimum absolute atomic E-state index is 0.0478. The highest BCUT2D eigenvalue weighted by Gasteiger charge is 2.11. The van der Waals surface area contributed by atoms with Crippen LogP contribution in [-0.2, 0) is 16.0 Å². The molecular weight excluding hydrogens is 380 g/mol. The fourth-order valence-electron chi connectivity index (χ4n) is 2.51. The van der Waals surface area contributed by atoms with Crippen molar-refractivity contribution in [3.05, 3.63) is 58.6 Å². The fourth-order valence-corrected chi connectivity index (χ4v) is 2.78. The summed E-state index contributed by atoms with van der Waals surface area (Å²) in [5.74, 6) is 0.156. The first-order valence-corrected chi connectivity index (χ1v) is 9.18. The molecule has 0 aliphatic rings. The standard InChI is InChI=1S/C21H23ClN2O4/c1-3-10-28-21-16(22)11-14(12-18(21)27-2)8-9-20(26)24-17-7-5-4-6-15(17)13-19(23)25/h4-9,11-12H,3,10,13H2,1-2H3,(H2,23,25)(H,24,26). The van der Waals surface area contributed by atoms with Gasteiger partial charge in [0.05, 0.1) is 25.2 Å². The van der Waals surface area contributed by atoms with Crippen molar-refractivity contribution in [2.24, 2.45) is 5.73 Å². The van der Waals surface area contributed by atoms with Gasteiger partial charge in [-0.25, -0.2) is 0 Å². The summed E-state index contributed by atoms with van der Waals surface area (Å²) in [5.41, 5.74) is 7.12. The van der Waals surface area contributed by atoms with Crippen molar-refractivity contribution in [3.8, 4) is 11.5 Å². The number of para-hydroxylation sites is 1. The molecular formula is C21H23ClN2O4. The smallest absolute Gasteiger partial charge is 0.248 e. The normalized spacial score (nSPS) is 10.7. The Morgan fingerprint density at radius 1 is 1.25 bits per heavy atom. The Morgan fingerprint density at radius 3 is 2.68 bits per heavy atom. The molecule has 0 bridgehead atoms. The predicted octanol–water partition coefficient (Wildman–Crippen LogP) is 3.82. The fraction of sp³-hybridized carbons (Fsp3) is 0.238. The molecule has 3 N–H and O–H groups in total. The second kappa shape index (κ2) is 10.4. The van der Waals surface area contributed by atoms with Crippen molar-refractivity contribution in [1.29, 1.82) is 0 Å². The molecule has 0 unspecified atom stereocenters. The van der Waals surface area contributed by atoms with Crippen molar-refractivity contribution in [3.63, 3.8) is 0 Å². The van der Waals surface area contributed by atoms with Crippen LogP contribution >= 0.6 is 11.6 Å². The molecule has 2 rings (SSSR count). The zero-order valence-corrected chi connectivity index (χ0v) is 16.6. The minimum atomic E-state index is -0.468. The number of primary amides is 1. The Kier molecular flexibility index (Phi) is 7.89. The zero-order valence-electron chi connectivity index (χ0n) is 15.8. The first-order valence-electron chi connectivity index (χ1n) is 8.80. The van der Waals surface area contributed by atoms with Gasteiger partial charge in [-0.15, -0.1) is 0 Å². The molecule has 0 fully saturated rings. The number of halogens is 1. The lowest BCUT2D eigenvalue weighted by atomic mass is 10.1. The molecule has 2 aromatic rings. The summed E-state index contributed by atoms with van der Waals surface area (Å²) in [4.78, 5) is 23.4. The maximum atomic E-state index is 12.3. The average Bonchev–Trinajstić information content (AvgIpc) is 2.66. The summed E-state index contributed by atoms with van der Waals surface area (Å²) >= 11 is 6.28. The third-order valence-corrected chi connectivity index (χ3v) is 4.05. The van der Waals surface area contributed by atoms with Gasteiger partial charge < -0.3 is 20.5 Å². The van der Waals surface area contributed by atoms with Gasteiger partial charge in [-0.2, -0.15) is 0 Å². The van der Waals surface area contributed by atoms with E-state index >= 15 is 0 Å². The van der Waals surface area contributed by atoms with Crippen molar-refractivity contribution in [1.82, 2.24) is 0 Å². The molecule has 0 aliphatic carbocycles. The van der Waals surface area contributed by atoms with Crippen molar-refractivity contribution in [2.75, 3.05) is 19.0 Å². The second-order valence-corrected chi connectivity index (χ2v) is 6.41. The Bertz CT molecular complexity index is 881. The molecule has 0 aromatic heterocycles. The number of nitrogens with one attached hydrogen (secondary N) is 1. The van der Waals surface area contributed by atoms with Crippen LogP contribution in [0, 0.1) is 0 Å². The summed E-state index contributed by atoms with van der Waals surface area (Å²) in [6.45, 7) is 2.52. The first-order chi connectivity index (χ1) is 13.4. The van der Waals surface area contributed by atoms with Crippen LogP contribution < -0.4 is 20.5 Å². The molecule has 0 heterocycles. The van der Waals surface area contributed by atoms with E-state index in [-0.39, 0.29) is 12.3 Å². The molecule has 0 saturated carbocycles. The quantitative estimate of drug-likeness (QED) is 0.624. The van der Waals surface area contributed by atoms with Crippen LogP contribution in [0.15, 0.2) is 42.5 Å². The highest BCUT2D eigenvalue weighted by atomic mass is 35.5. The minimum Gasteiger partial charge on any atom is -0.493 e. The van der Waals surface area contributed by atoms with E-state index in [1.807, 2.05) is 6.92 Å². The van der Waals surface area contributed by atoms with Gasteiger partial charge in [0.25, 0.3) is 0 Å². The molecule has 148 valence electrons. The molecule has 28 heavy (non-hydrogen) atoms. The predicted molar refractivity (Wildman–Crippen MR) is 111 cm³/mol. The van der Waals surface area contributed by atoms with Gasteiger partial charge in [0.2, 0.25) is 11.8 Å². The van der Waals surface area contributed by atoms with Gasteiger partial charge in [0.15, 0.2) is 11.5 Å². The van der Waals surface area contributed by atoms with E-state index in [0.717, 1.165) is 6.42 Å². The lowest BCUT2D eigenvalue weighted by molar-refractivity contribution is -0.117. The molecule has 2 aromatic carbocycles. The third kappa shape index (κ3) is 6.03. The number of nitrogens with two attached hydrogens (primary N) is 1. The summed E-state index contributed by atoms with van der Waals surface area (Å²) in [7, 11) is 1.53. The Hall–Kier alpha value is -2.99. The topological polar surface area (TPSA) is 90.6 Å². The monoisotopic (exact) mass is 402 g/mol. The van der Waals surface area contributed by atoms with E-state index in [9.17, 15) is 9.59 Å². The van der Waals surface area contributed by atoms with Crippen LogP contribution in [0.4, 0.5) is 5.69 Å². The van der Waals surface area contributed by atoms with Gasteiger partial charge in [-0.1, -0.05) is 36.7 Å². The number of carbonyl (C=O) groups is 2. The third-order valence-electron chi connectivity index (χ3n) is 3.77. The van der Waals surface area contributed by atoms with Crippen molar-refractivity contribution >= 4 is 35.2 Å². The summed E-state index contributed by atoms with van der Waals surface area (Å²) < 4.78 is 10.9. The SMILES string of the molecule is CCCOc1c(Cl)cc(C=CC(=O)Nc2ccccc2CC(N)=O)cc1OC. The summed E-state index contributed by atoms with van der Waals surface area (Å²) in [5, 5.41) is 3.15. The van der Waals surface area contributed by atoms with Crippen LogP contribution in [0.3, 0.4) is 0 Å². The number of hydrogen-bond donors (Lipinski definition) is 2. The molecule has 0 aliphatic heterocycles. The number of hydrogen-bond acceptors (Lipinski definition) is 4. The molecule has 0 radical (unpaired) electrons. The van der Waals surface area contributed by atoms with Crippen LogP contribution in [0.5, 0.6) is 11.5 Å². The zero-order chi connectivity index (χ0) is 20.5. The molecule has 2 amide bonds. The highest BCUT2D eigenvalue weighted by Crippen LogP contribution is 2.36. The van der Waals surface area contributed by atoms with E-state index in [2.05, 4.69) is 5.32 Å². The molecule has 0 spiro atoms. The van der Waals surface area contributed by atoms with Gasteiger partial charge in [-0.05, 0) is 41.8 Å². The van der Waals surface area contributed by atoms with Gasteiger partial charge >= 0.3 is 0 Å². The highest BCUT2D eigenvalue weighted by molar-refractivity contribution is 6.32. The average molecular weight is 403 g/mol. The maximum Gasteiger partial charge on any atom is 0.248 e. The number of carbonyl (C=O) groups excluding carboxylic acids is 2. The van der Waals surface area contributed by atoms with Crippen LogP contribution in [-0.4, -0.2) is 25.5 Å². The summed E-state index contributed by atoms with van der Waals surface area (Å²) in [6.07, 6.45) is 3.88. The lowest BCUT2D eigenvalue weighted by Crippen LogP contribution is -2.16. The number of benzene rings is 2. The van der Waals surface area contributed by atoms with Crippen molar-refractivity contribution in [2.45, 2.75) is 19.8 Å². The van der Waals surface area contributed by atoms with Crippen molar-refractivity contribution < 1.29 is 19.1 Å². The van der Waals surface area contributed by atoms with Crippen LogP contribution in [0.25, 0.3) is 6.08 Å². The molecule has 6 nitrogen and oxygen atoms in total. The summed E-state index contributed by atoms with van der Waals surface area (Å²) in [6, 6.07) is 10.4. The Balaban J connectivity index is 2.14. The maximum absolute atomic E-state index is 12.3. The second-order valence-electron chi connectivity index (χ2n) is 6.01. The van der Waals surface area contributed by atoms with Gasteiger partial charge in [0.1, 0.15) is 0 Å². The van der Waals surface area contributed by atoms with E-state index in [1.165, 1.54) is 13.2 Å². The molecule has 7 heteroatoms. The number of anilines is 1. The Morgan fingerprint density at radius 2 is 2.00 bits per heavy atom. The number of amides is 2. The first kappa shape index (κ1) is 21.3. The number of ether oxygens (including phenoxy) is 2. The van der Waals surface area contributed by atoms with E-state index in [1.54, 1.807) is 42.5 Å². The van der Waals surface area contributed by atoms with E-state index in [0.29, 0.717) is 39.9 Å². The van der Waals surface area contributed by atoms with Crippen LogP contribution in [0.2, 0.25) is 5.02 Å². The number of rotatable bonds is 9. The van der Waals surface area contributed by atoms with E-state index < -0.39 is 5.91 Å². The van der Waals surface area contributed by atoms with Crippen LogP contribution in [0.1, 0.15) is 24.5 Å². The van der Waals surface area contributed by atoms with E-state index in [4.69, 9.17) is 26.8 Å². The number of methoxy groups -OCH3 is 1. The van der Waals surface area contributed by atoms with Gasteiger partial charge in [0, 0.05) is 11.8 Å². The largest absolute Gasteiger partial charge is 0.493 e. The van der Waals surface area contributed by atoms with Gasteiger partial charge in [-0.3, -0.25) is 9.59 Å². The molecule has 0 saturated heterocycles. The lowest BCUT2D eigenvalue weighted by Gasteiger charge is -2.12.